The molecule has 3 aromatic heterocycles. The number of nitrogens with zero attached hydrogens (tertiary/aromatic N) is 2. The number of nitrogens with one attached hydrogen (secondary N) is 2. The third-order valence-corrected chi connectivity index (χ3v) is 3.67. The summed E-state index contributed by atoms with van der Waals surface area (Å²) in [4.78, 5) is 7.50. The van der Waals surface area contributed by atoms with Crippen LogP contribution in [0.4, 0.5) is 0 Å². The van der Waals surface area contributed by atoms with E-state index in [1.54, 1.807) is 6.20 Å². The zero-order valence-electron chi connectivity index (χ0n) is 11.6. The van der Waals surface area contributed by atoms with Gasteiger partial charge in [-0.3, -0.25) is 5.10 Å². The number of fused-ring (bicyclic) bond motifs is 1. The van der Waals surface area contributed by atoms with Gasteiger partial charge in [0.15, 0.2) is 0 Å². The molecule has 0 amide bonds. The van der Waals surface area contributed by atoms with Crippen molar-refractivity contribution in [2.45, 2.75) is 6.92 Å². The van der Waals surface area contributed by atoms with Crippen molar-refractivity contribution in [1.82, 2.24) is 20.2 Å². The van der Waals surface area contributed by atoms with Crippen LogP contribution in [-0.2, 0) is 0 Å². The summed E-state index contributed by atoms with van der Waals surface area (Å²) in [6.45, 7) is 2.08. The van der Waals surface area contributed by atoms with Gasteiger partial charge in [0.25, 0.3) is 0 Å². The highest BCUT2D eigenvalue weighted by molar-refractivity contribution is 5.92. The van der Waals surface area contributed by atoms with Crippen molar-refractivity contribution in [2.75, 3.05) is 0 Å². The van der Waals surface area contributed by atoms with Gasteiger partial charge >= 0.3 is 0 Å². The molecule has 4 rings (SSSR count). The highest BCUT2D eigenvalue weighted by Gasteiger charge is 2.10. The van der Waals surface area contributed by atoms with Crippen molar-refractivity contribution >= 4 is 11.0 Å². The standard InChI is InChI=1S/C17H14N4/c1-11-4-6-12(7-5-11)15-9-16(21-20-15)14-10-19-17-13(14)3-2-8-18-17/h2-10H,1H3,(H,18,19)(H,20,21). The van der Waals surface area contributed by atoms with E-state index in [1.807, 2.05) is 12.3 Å². The van der Waals surface area contributed by atoms with Gasteiger partial charge in [-0.2, -0.15) is 5.10 Å². The molecule has 0 spiro atoms. The molecule has 0 bridgehead atoms. The van der Waals surface area contributed by atoms with Crippen LogP contribution in [0.25, 0.3) is 33.5 Å². The van der Waals surface area contributed by atoms with Crippen LogP contribution in [-0.4, -0.2) is 20.2 Å². The number of rotatable bonds is 2. The van der Waals surface area contributed by atoms with Crippen molar-refractivity contribution in [3.8, 4) is 22.5 Å². The second-order valence-corrected chi connectivity index (χ2v) is 5.13. The molecule has 21 heavy (non-hydrogen) atoms. The smallest absolute Gasteiger partial charge is 0.137 e. The topological polar surface area (TPSA) is 57.4 Å². The quantitative estimate of drug-likeness (QED) is 0.582. The van der Waals surface area contributed by atoms with E-state index in [0.29, 0.717) is 0 Å². The molecule has 0 saturated carbocycles. The second-order valence-electron chi connectivity index (χ2n) is 5.13. The summed E-state index contributed by atoms with van der Waals surface area (Å²) in [5, 5.41) is 8.63. The minimum atomic E-state index is 0.888. The second kappa shape index (κ2) is 4.59. The molecule has 4 aromatic rings. The van der Waals surface area contributed by atoms with Gasteiger partial charge in [0, 0.05) is 28.9 Å². The van der Waals surface area contributed by atoms with E-state index in [9.17, 15) is 0 Å². The fraction of sp³-hybridized carbons (Fsp3) is 0.0588. The molecule has 0 aliphatic rings. The van der Waals surface area contributed by atoms with Gasteiger partial charge in [-0.25, -0.2) is 4.98 Å². The molecule has 0 aliphatic carbocycles. The van der Waals surface area contributed by atoms with Crippen LogP contribution in [0.2, 0.25) is 0 Å². The molecular weight excluding hydrogens is 260 g/mol. The third-order valence-electron chi connectivity index (χ3n) is 3.67. The van der Waals surface area contributed by atoms with Crippen LogP contribution in [0.3, 0.4) is 0 Å². The number of hydrogen-bond donors (Lipinski definition) is 2. The number of H-pyrrole nitrogens is 2. The van der Waals surface area contributed by atoms with Gasteiger partial charge in [-0.1, -0.05) is 29.8 Å². The molecular formula is C17H14N4. The lowest BCUT2D eigenvalue weighted by molar-refractivity contribution is 1.10. The first-order valence-corrected chi connectivity index (χ1v) is 6.86. The number of aromatic amines is 2. The van der Waals surface area contributed by atoms with Crippen LogP contribution in [0.1, 0.15) is 5.56 Å². The summed E-state index contributed by atoms with van der Waals surface area (Å²) < 4.78 is 0. The maximum atomic E-state index is 4.42. The van der Waals surface area contributed by atoms with E-state index < -0.39 is 0 Å². The molecule has 0 aliphatic heterocycles. The summed E-state index contributed by atoms with van der Waals surface area (Å²) in [5.41, 5.74) is 6.27. The van der Waals surface area contributed by atoms with Crippen LogP contribution >= 0.6 is 0 Å². The van der Waals surface area contributed by atoms with E-state index in [0.717, 1.165) is 33.5 Å². The number of aromatic nitrogens is 4. The Kier molecular flexibility index (Phi) is 2.60. The van der Waals surface area contributed by atoms with Gasteiger partial charge in [-0.15, -0.1) is 0 Å². The van der Waals surface area contributed by atoms with Crippen molar-refractivity contribution in [3.05, 3.63) is 60.4 Å². The van der Waals surface area contributed by atoms with E-state index >= 15 is 0 Å². The summed E-state index contributed by atoms with van der Waals surface area (Å²) in [7, 11) is 0. The maximum absolute atomic E-state index is 4.42. The molecule has 3 heterocycles. The summed E-state index contributed by atoms with van der Waals surface area (Å²) in [6.07, 6.45) is 3.75. The first-order chi connectivity index (χ1) is 10.3. The van der Waals surface area contributed by atoms with Gasteiger partial charge in [0.2, 0.25) is 0 Å². The predicted octanol–water partition coefficient (Wildman–Crippen LogP) is 3.93. The average Bonchev–Trinajstić information content (AvgIpc) is 3.14. The highest BCUT2D eigenvalue weighted by atomic mass is 15.1. The van der Waals surface area contributed by atoms with Crippen LogP contribution < -0.4 is 0 Å². The SMILES string of the molecule is Cc1ccc(-c2cc(-c3c[nH]c4ncccc34)[nH]n2)cc1. The number of benzene rings is 1. The van der Waals surface area contributed by atoms with Gasteiger partial charge in [-0.05, 0) is 25.1 Å². The van der Waals surface area contributed by atoms with Crippen molar-refractivity contribution in [1.29, 1.82) is 0 Å². The largest absolute Gasteiger partial charge is 0.345 e. The van der Waals surface area contributed by atoms with Gasteiger partial charge in [0.05, 0.1) is 11.4 Å². The zero-order valence-corrected chi connectivity index (χ0v) is 11.6. The van der Waals surface area contributed by atoms with E-state index in [4.69, 9.17) is 0 Å². The van der Waals surface area contributed by atoms with Crippen LogP contribution in [0.5, 0.6) is 0 Å². The summed E-state index contributed by atoms with van der Waals surface area (Å²) in [5.74, 6) is 0. The fourth-order valence-electron chi connectivity index (χ4n) is 2.51. The molecule has 0 fully saturated rings. The first-order valence-electron chi connectivity index (χ1n) is 6.86. The molecule has 4 nitrogen and oxygen atoms in total. The van der Waals surface area contributed by atoms with Gasteiger partial charge < -0.3 is 4.98 Å². The summed E-state index contributed by atoms with van der Waals surface area (Å²) >= 11 is 0. The Morgan fingerprint density at radius 3 is 2.76 bits per heavy atom. The minimum Gasteiger partial charge on any atom is -0.345 e. The Morgan fingerprint density at radius 1 is 1.05 bits per heavy atom. The Balaban J connectivity index is 1.79. The lowest BCUT2D eigenvalue weighted by Crippen LogP contribution is -1.78. The third kappa shape index (κ3) is 2.01. The van der Waals surface area contributed by atoms with E-state index in [1.165, 1.54) is 5.56 Å². The van der Waals surface area contributed by atoms with Crippen molar-refractivity contribution in [2.24, 2.45) is 0 Å². The lowest BCUT2D eigenvalue weighted by atomic mass is 10.1. The number of pyridine rings is 1. The molecule has 0 saturated heterocycles. The molecule has 0 radical (unpaired) electrons. The van der Waals surface area contributed by atoms with Crippen LogP contribution in [0.15, 0.2) is 54.9 Å². The van der Waals surface area contributed by atoms with E-state index in [2.05, 4.69) is 63.5 Å². The molecule has 0 unspecified atom stereocenters. The summed E-state index contributed by atoms with van der Waals surface area (Å²) in [6, 6.07) is 14.4. The van der Waals surface area contributed by atoms with Crippen molar-refractivity contribution in [3.63, 3.8) is 0 Å². The van der Waals surface area contributed by atoms with Crippen molar-refractivity contribution < 1.29 is 0 Å². The minimum absolute atomic E-state index is 0.888. The Bertz CT molecular complexity index is 900. The highest BCUT2D eigenvalue weighted by Crippen LogP contribution is 2.28. The normalized spacial score (nSPS) is 11.1. The maximum Gasteiger partial charge on any atom is 0.137 e. The van der Waals surface area contributed by atoms with Crippen LogP contribution in [0, 0.1) is 6.92 Å². The zero-order chi connectivity index (χ0) is 14.2. The first kappa shape index (κ1) is 11.9. The molecule has 102 valence electrons. The lowest BCUT2D eigenvalue weighted by Gasteiger charge is -1.96. The average molecular weight is 274 g/mol. The molecule has 0 atom stereocenters. The Labute approximate surface area is 121 Å². The molecule has 2 N–H and O–H groups in total. The number of aryl methyl sites for hydroxylation is 1. The molecule has 1 aromatic carbocycles. The number of hydrogen-bond acceptors (Lipinski definition) is 2. The molecule has 4 heteroatoms. The Morgan fingerprint density at radius 2 is 1.90 bits per heavy atom. The predicted molar refractivity (Wildman–Crippen MR) is 83.8 cm³/mol. The Hall–Kier alpha value is -2.88. The fourth-order valence-corrected chi connectivity index (χ4v) is 2.51. The van der Waals surface area contributed by atoms with Gasteiger partial charge in [0.1, 0.15) is 5.65 Å². The monoisotopic (exact) mass is 274 g/mol. The van der Waals surface area contributed by atoms with E-state index in [-0.39, 0.29) is 0 Å².